The molecular formula is C14H18O. The maximum atomic E-state index is 12.0. The van der Waals surface area contributed by atoms with Crippen LogP contribution >= 0.6 is 0 Å². The van der Waals surface area contributed by atoms with Crippen molar-refractivity contribution in [3.63, 3.8) is 0 Å². The third-order valence-corrected chi connectivity index (χ3v) is 3.62. The molecule has 15 heavy (non-hydrogen) atoms. The summed E-state index contributed by atoms with van der Waals surface area (Å²) in [7, 11) is 0. The van der Waals surface area contributed by atoms with Gasteiger partial charge in [0.2, 0.25) is 0 Å². The molecule has 1 saturated carbocycles. The molecule has 0 bridgehead atoms. The molecule has 1 heteroatoms. The molecule has 1 aliphatic carbocycles. The Balaban J connectivity index is 2.05. The minimum atomic E-state index is 0.314. The third-order valence-electron chi connectivity index (χ3n) is 3.62. The second-order valence-electron chi connectivity index (χ2n) is 4.82. The van der Waals surface area contributed by atoms with Gasteiger partial charge in [-0.3, -0.25) is 4.79 Å². The zero-order valence-electron chi connectivity index (χ0n) is 9.55. The van der Waals surface area contributed by atoms with E-state index in [1.165, 1.54) is 18.4 Å². The quantitative estimate of drug-likeness (QED) is 0.679. The third kappa shape index (κ3) is 2.28. The normalized spacial score (nSPS) is 17.5. The van der Waals surface area contributed by atoms with Crippen molar-refractivity contribution in [2.45, 2.75) is 39.5 Å². The fraction of sp³-hybridized carbons (Fsp3) is 0.500. The summed E-state index contributed by atoms with van der Waals surface area (Å²) in [6, 6.07) is 7.92. The van der Waals surface area contributed by atoms with Crippen LogP contribution in [0.25, 0.3) is 0 Å². The van der Waals surface area contributed by atoms with Gasteiger partial charge in [-0.1, -0.05) is 43.2 Å². The van der Waals surface area contributed by atoms with Crippen LogP contribution in [-0.4, -0.2) is 5.78 Å². The first-order valence-corrected chi connectivity index (χ1v) is 5.75. The van der Waals surface area contributed by atoms with Crippen LogP contribution in [0.4, 0.5) is 0 Å². The molecule has 80 valence electrons. The molecule has 0 amide bonds. The summed E-state index contributed by atoms with van der Waals surface area (Å²) in [4.78, 5) is 12.0. The summed E-state index contributed by atoms with van der Waals surface area (Å²) >= 11 is 0. The molecule has 0 saturated heterocycles. The van der Waals surface area contributed by atoms with Crippen LogP contribution in [0.5, 0.6) is 0 Å². The molecule has 1 nitrogen and oxygen atoms in total. The molecule has 0 aromatic heterocycles. The highest BCUT2D eigenvalue weighted by molar-refractivity contribution is 5.96. The van der Waals surface area contributed by atoms with Gasteiger partial charge in [0.25, 0.3) is 0 Å². The highest BCUT2D eigenvalue weighted by atomic mass is 16.1. The van der Waals surface area contributed by atoms with Gasteiger partial charge in [-0.2, -0.15) is 0 Å². The SMILES string of the molecule is CCC1(CC(=O)c2ccc(C)cc2)CC1. The van der Waals surface area contributed by atoms with Crippen LogP contribution < -0.4 is 0 Å². The number of Topliss-reactive ketones (excluding diaryl/α,β-unsaturated/α-hetero) is 1. The van der Waals surface area contributed by atoms with Crippen molar-refractivity contribution in [3.8, 4) is 0 Å². The topological polar surface area (TPSA) is 17.1 Å². The number of ketones is 1. The Hall–Kier alpha value is -1.11. The van der Waals surface area contributed by atoms with Crippen molar-refractivity contribution >= 4 is 5.78 Å². The largest absolute Gasteiger partial charge is 0.294 e. The number of hydrogen-bond donors (Lipinski definition) is 0. The van der Waals surface area contributed by atoms with Crippen molar-refractivity contribution < 1.29 is 4.79 Å². The summed E-state index contributed by atoms with van der Waals surface area (Å²) < 4.78 is 0. The summed E-state index contributed by atoms with van der Waals surface area (Å²) in [5, 5.41) is 0. The maximum absolute atomic E-state index is 12.0. The van der Waals surface area contributed by atoms with Crippen molar-refractivity contribution in [3.05, 3.63) is 35.4 Å². The van der Waals surface area contributed by atoms with Crippen LogP contribution in [0.15, 0.2) is 24.3 Å². The molecule has 0 aliphatic heterocycles. The van der Waals surface area contributed by atoms with Gasteiger partial charge in [-0.05, 0) is 25.2 Å². The van der Waals surface area contributed by atoms with Gasteiger partial charge >= 0.3 is 0 Å². The highest BCUT2D eigenvalue weighted by Crippen LogP contribution is 2.52. The number of benzene rings is 1. The standard InChI is InChI=1S/C14H18O/c1-3-14(8-9-14)10-13(15)12-6-4-11(2)5-7-12/h4-7H,3,8-10H2,1-2H3. The summed E-state index contributed by atoms with van der Waals surface area (Å²) in [6.45, 7) is 4.23. The van der Waals surface area contributed by atoms with E-state index in [4.69, 9.17) is 0 Å². The van der Waals surface area contributed by atoms with E-state index in [-0.39, 0.29) is 0 Å². The lowest BCUT2D eigenvalue weighted by Gasteiger charge is -2.10. The van der Waals surface area contributed by atoms with Crippen LogP contribution in [0, 0.1) is 12.3 Å². The maximum Gasteiger partial charge on any atom is 0.163 e. The van der Waals surface area contributed by atoms with E-state index in [0.717, 1.165) is 18.4 Å². The molecule has 1 aromatic rings. The predicted octanol–water partition coefficient (Wildman–Crippen LogP) is 3.76. The second kappa shape index (κ2) is 3.80. The predicted molar refractivity (Wildman–Crippen MR) is 62.1 cm³/mol. The highest BCUT2D eigenvalue weighted by Gasteiger charge is 2.42. The van der Waals surface area contributed by atoms with E-state index in [0.29, 0.717) is 11.2 Å². The Morgan fingerprint density at radius 3 is 2.33 bits per heavy atom. The molecule has 0 N–H and O–H groups in total. The Kier molecular flexibility index (Phi) is 2.64. The van der Waals surface area contributed by atoms with E-state index < -0.39 is 0 Å². The van der Waals surface area contributed by atoms with E-state index in [1.54, 1.807) is 0 Å². The van der Waals surface area contributed by atoms with E-state index >= 15 is 0 Å². The van der Waals surface area contributed by atoms with E-state index in [9.17, 15) is 4.79 Å². The Morgan fingerprint density at radius 2 is 1.87 bits per heavy atom. The zero-order valence-corrected chi connectivity index (χ0v) is 9.55. The zero-order chi connectivity index (χ0) is 10.9. The average Bonchev–Trinajstić information content (AvgIpc) is 2.99. The first kappa shape index (κ1) is 10.4. The molecule has 0 spiro atoms. The molecule has 0 atom stereocenters. The fourth-order valence-corrected chi connectivity index (χ4v) is 2.01. The van der Waals surface area contributed by atoms with Crippen molar-refractivity contribution in [2.75, 3.05) is 0 Å². The van der Waals surface area contributed by atoms with Gasteiger partial charge in [-0.25, -0.2) is 0 Å². The minimum Gasteiger partial charge on any atom is -0.294 e. The first-order chi connectivity index (χ1) is 7.15. The minimum absolute atomic E-state index is 0.314. The van der Waals surface area contributed by atoms with E-state index in [2.05, 4.69) is 6.92 Å². The van der Waals surface area contributed by atoms with Crippen LogP contribution in [0.1, 0.15) is 48.5 Å². The van der Waals surface area contributed by atoms with Gasteiger partial charge < -0.3 is 0 Å². The number of hydrogen-bond acceptors (Lipinski definition) is 1. The van der Waals surface area contributed by atoms with Gasteiger partial charge in [-0.15, -0.1) is 0 Å². The summed E-state index contributed by atoms with van der Waals surface area (Å²) in [5.41, 5.74) is 2.45. The molecule has 0 unspecified atom stereocenters. The van der Waals surface area contributed by atoms with Crippen LogP contribution in [0.3, 0.4) is 0 Å². The fourth-order valence-electron chi connectivity index (χ4n) is 2.01. The summed E-state index contributed by atoms with van der Waals surface area (Å²) in [5.74, 6) is 0.314. The number of carbonyl (C=O) groups excluding carboxylic acids is 1. The van der Waals surface area contributed by atoms with Crippen LogP contribution in [-0.2, 0) is 0 Å². The Bertz CT molecular complexity index is 357. The van der Waals surface area contributed by atoms with Crippen LogP contribution in [0.2, 0.25) is 0 Å². The number of rotatable bonds is 4. The van der Waals surface area contributed by atoms with E-state index in [1.807, 2.05) is 31.2 Å². The second-order valence-corrected chi connectivity index (χ2v) is 4.82. The lowest BCUT2D eigenvalue weighted by molar-refractivity contribution is 0.0953. The Morgan fingerprint density at radius 1 is 1.27 bits per heavy atom. The lowest BCUT2D eigenvalue weighted by Crippen LogP contribution is -2.08. The number of carbonyl (C=O) groups is 1. The summed E-state index contributed by atoms with van der Waals surface area (Å²) in [6.07, 6.45) is 4.36. The van der Waals surface area contributed by atoms with Crippen molar-refractivity contribution in [1.29, 1.82) is 0 Å². The first-order valence-electron chi connectivity index (χ1n) is 5.75. The van der Waals surface area contributed by atoms with Crippen molar-refractivity contribution in [2.24, 2.45) is 5.41 Å². The molecule has 1 aromatic carbocycles. The smallest absolute Gasteiger partial charge is 0.163 e. The van der Waals surface area contributed by atoms with Gasteiger partial charge in [0.15, 0.2) is 5.78 Å². The molecule has 2 rings (SSSR count). The molecule has 0 radical (unpaired) electrons. The number of aryl methyl sites for hydroxylation is 1. The average molecular weight is 202 g/mol. The van der Waals surface area contributed by atoms with Gasteiger partial charge in [0.1, 0.15) is 0 Å². The molecule has 1 aliphatic rings. The van der Waals surface area contributed by atoms with Gasteiger partial charge in [0.05, 0.1) is 0 Å². The monoisotopic (exact) mass is 202 g/mol. The molecule has 0 heterocycles. The molecular weight excluding hydrogens is 184 g/mol. The van der Waals surface area contributed by atoms with Gasteiger partial charge in [0, 0.05) is 12.0 Å². The van der Waals surface area contributed by atoms with Crippen molar-refractivity contribution in [1.82, 2.24) is 0 Å². The molecule has 1 fully saturated rings. The lowest BCUT2D eigenvalue weighted by atomic mass is 9.93. The Labute approximate surface area is 91.5 Å².